The van der Waals surface area contributed by atoms with Crippen molar-refractivity contribution in [2.24, 2.45) is 7.05 Å². The summed E-state index contributed by atoms with van der Waals surface area (Å²) in [5, 5.41) is 17.0. The Balaban J connectivity index is 1.73. The minimum Gasteiger partial charge on any atom is -0.472 e. The zero-order chi connectivity index (χ0) is 15.7. The van der Waals surface area contributed by atoms with E-state index in [1.807, 2.05) is 24.8 Å². The second-order valence-corrected chi connectivity index (χ2v) is 6.21. The topological polar surface area (TPSA) is 85.2 Å². The minimum absolute atomic E-state index is 0.0165. The van der Waals surface area contributed by atoms with Gasteiger partial charge in [0, 0.05) is 32.8 Å². The van der Waals surface area contributed by atoms with Gasteiger partial charge in [-0.3, -0.25) is 9.48 Å². The molecule has 0 spiro atoms. The lowest BCUT2D eigenvalue weighted by Gasteiger charge is -2.25. The third-order valence-electron chi connectivity index (χ3n) is 3.89. The molecule has 0 aromatic carbocycles. The fourth-order valence-electron chi connectivity index (χ4n) is 2.74. The highest BCUT2D eigenvalue weighted by atomic mass is 32.1. The van der Waals surface area contributed by atoms with Crippen LogP contribution in [0.3, 0.4) is 0 Å². The number of hydrogen-bond donors (Lipinski definition) is 1. The number of likely N-dealkylation sites (tertiary alicyclic amines) is 1. The van der Waals surface area contributed by atoms with E-state index in [2.05, 4.69) is 20.6 Å². The second kappa shape index (κ2) is 6.01. The zero-order valence-electron chi connectivity index (χ0n) is 12.7. The van der Waals surface area contributed by atoms with Crippen LogP contribution in [0.4, 0.5) is 0 Å². The minimum atomic E-state index is -0.0326. The molecule has 3 heterocycles. The number of methoxy groups -OCH3 is 1. The molecular weight excluding hydrogens is 304 g/mol. The van der Waals surface area contributed by atoms with E-state index in [-0.39, 0.29) is 18.0 Å². The summed E-state index contributed by atoms with van der Waals surface area (Å²) in [6.45, 7) is 0.557. The van der Waals surface area contributed by atoms with Gasteiger partial charge in [0.1, 0.15) is 5.01 Å². The molecule has 8 nitrogen and oxygen atoms in total. The summed E-state index contributed by atoms with van der Waals surface area (Å²) in [5.41, 5.74) is 1.01. The number of rotatable bonds is 5. The van der Waals surface area contributed by atoms with E-state index in [0.717, 1.165) is 10.7 Å². The quantitative estimate of drug-likeness (QED) is 0.854. The summed E-state index contributed by atoms with van der Waals surface area (Å²) in [5.74, 6) is 0.124. The Bertz CT molecular complexity index is 669. The summed E-state index contributed by atoms with van der Waals surface area (Å²) in [7, 11) is 5.29. The molecule has 9 heteroatoms. The van der Waals surface area contributed by atoms with Crippen molar-refractivity contribution in [3.8, 4) is 5.19 Å². The third kappa shape index (κ3) is 2.69. The standard InChI is InChI=1S/C13H18N6O2S/c1-18-11(20)6-8(12(18)9-4-5-15-19(9)2)14-7-10-16-17-13(21-3)22-10/h4-5,8,12,14H,6-7H2,1-3H3/t8-,12-/m1/s1. The van der Waals surface area contributed by atoms with Crippen LogP contribution in [0.15, 0.2) is 12.3 Å². The van der Waals surface area contributed by atoms with E-state index < -0.39 is 0 Å². The number of carbonyl (C=O) groups is 1. The van der Waals surface area contributed by atoms with Crippen LogP contribution in [0.5, 0.6) is 5.19 Å². The molecule has 118 valence electrons. The lowest BCUT2D eigenvalue weighted by molar-refractivity contribution is -0.127. The highest BCUT2D eigenvalue weighted by molar-refractivity contribution is 7.13. The van der Waals surface area contributed by atoms with Gasteiger partial charge < -0.3 is 15.0 Å². The van der Waals surface area contributed by atoms with Crippen LogP contribution in [0.1, 0.15) is 23.2 Å². The van der Waals surface area contributed by atoms with E-state index in [1.54, 1.807) is 18.2 Å². The first-order chi connectivity index (χ1) is 10.6. The molecule has 2 atom stereocenters. The Morgan fingerprint density at radius 1 is 1.45 bits per heavy atom. The predicted molar refractivity (Wildman–Crippen MR) is 80.4 cm³/mol. The Kier molecular flexibility index (Phi) is 4.08. The fraction of sp³-hybridized carbons (Fsp3) is 0.538. The number of aromatic nitrogens is 4. The highest BCUT2D eigenvalue weighted by Gasteiger charge is 2.39. The fourth-order valence-corrected chi connectivity index (χ4v) is 3.35. The maximum Gasteiger partial charge on any atom is 0.293 e. The molecule has 1 fully saturated rings. The van der Waals surface area contributed by atoms with Crippen molar-refractivity contribution in [3.63, 3.8) is 0 Å². The maximum absolute atomic E-state index is 12.1. The molecule has 1 N–H and O–H groups in total. The van der Waals surface area contributed by atoms with Crippen molar-refractivity contribution < 1.29 is 9.53 Å². The van der Waals surface area contributed by atoms with Crippen LogP contribution >= 0.6 is 11.3 Å². The van der Waals surface area contributed by atoms with Gasteiger partial charge in [-0.25, -0.2) is 0 Å². The van der Waals surface area contributed by atoms with Crippen molar-refractivity contribution in [1.82, 2.24) is 30.2 Å². The lowest BCUT2D eigenvalue weighted by Crippen LogP contribution is -2.35. The summed E-state index contributed by atoms with van der Waals surface area (Å²) in [6, 6.07) is 1.93. The first-order valence-electron chi connectivity index (χ1n) is 6.93. The number of ether oxygens (including phenoxy) is 1. The Hall–Kier alpha value is -2.00. The number of aryl methyl sites for hydroxylation is 1. The predicted octanol–water partition coefficient (Wildman–Crippen LogP) is 0.342. The molecule has 0 unspecified atom stereocenters. The molecule has 1 amide bonds. The van der Waals surface area contributed by atoms with Crippen LogP contribution in [0, 0.1) is 0 Å². The van der Waals surface area contributed by atoms with Crippen LogP contribution in [0.2, 0.25) is 0 Å². The maximum atomic E-state index is 12.1. The molecule has 0 aliphatic carbocycles. The molecule has 0 bridgehead atoms. The summed E-state index contributed by atoms with van der Waals surface area (Å²) >= 11 is 1.40. The van der Waals surface area contributed by atoms with Crippen molar-refractivity contribution in [2.45, 2.75) is 25.0 Å². The van der Waals surface area contributed by atoms with E-state index in [9.17, 15) is 4.79 Å². The van der Waals surface area contributed by atoms with Gasteiger partial charge in [-0.05, 0) is 6.07 Å². The van der Waals surface area contributed by atoms with Crippen molar-refractivity contribution in [1.29, 1.82) is 0 Å². The van der Waals surface area contributed by atoms with Crippen molar-refractivity contribution in [3.05, 3.63) is 23.0 Å². The average molecular weight is 322 g/mol. The SMILES string of the molecule is COc1nnc(CN[C@@H]2CC(=O)N(C)[C@H]2c2ccnn2C)s1. The van der Waals surface area contributed by atoms with E-state index in [1.165, 1.54) is 11.3 Å². The molecule has 2 aromatic rings. The van der Waals surface area contributed by atoms with Gasteiger partial charge in [-0.1, -0.05) is 11.3 Å². The van der Waals surface area contributed by atoms with Gasteiger partial charge in [-0.2, -0.15) is 5.10 Å². The van der Waals surface area contributed by atoms with Crippen molar-refractivity contribution >= 4 is 17.2 Å². The van der Waals surface area contributed by atoms with E-state index in [0.29, 0.717) is 18.2 Å². The normalized spacial score (nSPS) is 21.6. The smallest absolute Gasteiger partial charge is 0.293 e. The molecule has 2 aromatic heterocycles. The number of likely N-dealkylation sites (N-methyl/N-ethyl adjacent to an activating group) is 1. The Morgan fingerprint density at radius 3 is 2.91 bits per heavy atom. The van der Waals surface area contributed by atoms with Gasteiger partial charge in [0.25, 0.3) is 5.19 Å². The van der Waals surface area contributed by atoms with Crippen LogP contribution in [-0.4, -0.2) is 51.0 Å². The summed E-state index contributed by atoms with van der Waals surface area (Å²) < 4.78 is 6.85. The van der Waals surface area contributed by atoms with E-state index >= 15 is 0 Å². The van der Waals surface area contributed by atoms with Crippen LogP contribution < -0.4 is 10.1 Å². The molecule has 1 aliphatic rings. The monoisotopic (exact) mass is 322 g/mol. The van der Waals surface area contributed by atoms with E-state index in [4.69, 9.17) is 4.74 Å². The number of nitrogens with one attached hydrogen (secondary N) is 1. The molecule has 0 radical (unpaired) electrons. The van der Waals surface area contributed by atoms with Crippen LogP contribution in [-0.2, 0) is 18.4 Å². The Labute approximate surface area is 132 Å². The van der Waals surface area contributed by atoms with Crippen molar-refractivity contribution in [2.75, 3.05) is 14.2 Å². The lowest BCUT2D eigenvalue weighted by atomic mass is 10.1. The first-order valence-corrected chi connectivity index (χ1v) is 7.75. The summed E-state index contributed by atoms with van der Waals surface area (Å²) in [4.78, 5) is 13.8. The van der Waals surface area contributed by atoms with Gasteiger partial charge in [0.05, 0.1) is 25.4 Å². The Morgan fingerprint density at radius 2 is 2.27 bits per heavy atom. The zero-order valence-corrected chi connectivity index (χ0v) is 13.5. The molecular formula is C13H18N6O2S. The first kappa shape index (κ1) is 14.9. The molecule has 0 saturated carbocycles. The van der Waals surface area contributed by atoms with Gasteiger partial charge in [-0.15, -0.1) is 10.2 Å². The van der Waals surface area contributed by atoms with Crippen LogP contribution in [0.25, 0.3) is 0 Å². The number of amides is 1. The van der Waals surface area contributed by atoms with Gasteiger partial charge in [0.2, 0.25) is 5.91 Å². The molecule has 3 rings (SSSR count). The average Bonchev–Trinajstić information content (AvgIpc) is 3.19. The van der Waals surface area contributed by atoms with Gasteiger partial charge >= 0.3 is 0 Å². The second-order valence-electron chi connectivity index (χ2n) is 5.19. The largest absolute Gasteiger partial charge is 0.472 e. The molecule has 22 heavy (non-hydrogen) atoms. The highest BCUT2D eigenvalue weighted by Crippen LogP contribution is 2.31. The third-order valence-corrected chi connectivity index (χ3v) is 4.77. The van der Waals surface area contributed by atoms with Gasteiger partial charge in [0.15, 0.2) is 0 Å². The number of nitrogens with zero attached hydrogens (tertiary/aromatic N) is 5. The number of carbonyl (C=O) groups excluding carboxylic acids is 1. The number of hydrogen-bond acceptors (Lipinski definition) is 7. The molecule has 1 saturated heterocycles. The summed E-state index contributed by atoms with van der Waals surface area (Å²) in [6.07, 6.45) is 2.21. The molecule has 1 aliphatic heterocycles.